The monoisotopic (exact) mass is 227 g/mol. The van der Waals surface area contributed by atoms with Crippen molar-refractivity contribution in [2.24, 2.45) is 0 Å². The number of anilines is 1. The van der Waals surface area contributed by atoms with E-state index in [1.54, 1.807) is 0 Å². The van der Waals surface area contributed by atoms with Crippen LogP contribution >= 0.6 is 11.3 Å². The molecule has 0 radical (unpaired) electrons. The maximum Gasteiger partial charge on any atom is 0.242 e. The second kappa shape index (κ2) is 5.70. The van der Waals surface area contributed by atoms with Crippen LogP contribution in [0.4, 0.5) is 5.13 Å². The Balaban J connectivity index is 2.41. The fourth-order valence-electron chi connectivity index (χ4n) is 1.07. The van der Waals surface area contributed by atoms with Gasteiger partial charge in [-0.3, -0.25) is 4.79 Å². The first-order valence-electron chi connectivity index (χ1n) is 5.10. The molecule has 4 nitrogen and oxygen atoms in total. The van der Waals surface area contributed by atoms with E-state index in [0.29, 0.717) is 0 Å². The fourth-order valence-corrected chi connectivity index (χ4v) is 1.85. The lowest BCUT2D eigenvalue weighted by Gasteiger charge is -2.12. The molecule has 0 aromatic carbocycles. The molecule has 15 heavy (non-hydrogen) atoms. The van der Waals surface area contributed by atoms with Crippen LogP contribution in [0.25, 0.3) is 0 Å². The number of nitrogens with zero attached hydrogens (tertiary/aromatic N) is 1. The van der Waals surface area contributed by atoms with Crippen molar-refractivity contribution in [1.29, 1.82) is 0 Å². The van der Waals surface area contributed by atoms with E-state index in [1.807, 2.05) is 26.2 Å². The van der Waals surface area contributed by atoms with Crippen LogP contribution in [0, 0.1) is 6.92 Å². The molecular formula is C10H17N3OS. The standard InChI is InChI=1S/C10H17N3OS/c1-4-5-11-9(14)8(3)13-10-12-7(2)6-15-10/h6,8H,4-5H2,1-3H3,(H,11,14)(H,12,13). The first kappa shape index (κ1) is 12.0. The number of aromatic nitrogens is 1. The number of hydrogen-bond donors (Lipinski definition) is 2. The summed E-state index contributed by atoms with van der Waals surface area (Å²) in [7, 11) is 0. The third-order valence-corrected chi connectivity index (χ3v) is 2.79. The molecule has 0 spiro atoms. The molecule has 1 aromatic rings. The molecule has 1 amide bonds. The summed E-state index contributed by atoms with van der Waals surface area (Å²) in [6.07, 6.45) is 0.953. The number of nitrogens with one attached hydrogen (secondary N) is 2. The van der Waals surface area contributed by atoms with E-state index in [4.69, 9.17) is 0 Å². The van der Waals surface area contributed by atoms with Crippen molar-refractivity contribution in [1.82, 2.24) is 10.3 Å². The first-order valence-corrected chi connectivity index (χ1v) is 5.97. The first-order chi connectivity index (χ1) is 7.13. The number of thiazole rings is 1. The van der Waals surface area contributed by atoms with E-state index in [0.717, 1.165) is 23.8 Å². The van der Waals surface area contributed by atoms with Gasteiger partial charge in [0.25, 0.3) is 0 Å². The Morgan fingerprint density at radius 3 is 2.93 bits per heavy atom. The molecule has 1 atom stereocenters. The van der Waals surface area contributed by atoms with Crippen molar-refractivity contribution < 1.29 is 4.79 Å². The minimum Gasteiger partial charge on any atom is -0.354 e. The highest BCUT2D eigenvalue weighted by Gasteiger charge is 2.12. The lowest BCUT2D eigenvalue weighted by atomic mass is 10.3. The quantitative estimate of drug-likeness (QED) is 0.806. The van der Waals surface area contributed by atoms with Gasteiger partial charge in [0.05, 0.1) is 5.69 Å². The van der Waals surface area contributed by atoms with Gasteiger partial charge in [-0.25, -0.2) is 4.98 Å². The molecule has 0 saturated carbocycles. The van der Waals surface area contributed by atoms with E-state index in [1.165, 1.54) is 11.3 Å². The summed E-state index contributed by atoms with van der Waals surface area (Å²) < 4.78 is 0. The molecular weight excluding hydrogens is 210 g/mol. The predicted octanol–water partition coefficient (Wildman–Crippen LogP) is 1.78. The molecule has 1 unspecified atom stereocenters. The van der Waals surface area contributed by atoms with Crippen molar-refractivity contribution in [3.63, 3.8) is 0 Å². The van der Waals surface area contributed by atoms with Crippen molar-refractivity contribution in [2.45, 2.75) is 33.2 Å². The third kappa shape index (κ3) is 3.87. The van der Waals surface area contributed by atoms with Crippen LogP contribution in [0.15, 0.2) is 5.38 Å². The van der Waals surface area contributed by atoms with Crippen LogP contribution < -0.4 is 10.6 Å². The van der Waals surface area contributed by atoms with E-state index < -0.39 is 0 Å². The number of rotatable bonds is 5. The van der Waals surface area contributed by atoms with Crippen molar-refractivity contribution in [3.05, 3.63) is 11.1 Å². The lowest BCUT2D eigenvalue weighted by molar-refractivity contribution is -0.121. The lowest BCUT2D eigenvalue weighted by Crippen LogP contribution is -2.37. The number of aryl methyl sites for hydroxylation is 1. The highest BCUT2D eigenvalue weighted by molar-refractivity contribution is 7.13. The van der Waals surface area contributed by atoms with Gasteiger partial charge in [-0.1, -0.05) is 6.92 Å². The number of carbonyl (C=O) groups excluding carboxylic acids is 1. The second-order valence-electron chi connectivity index (χ2n) is 3.45. The van der Waals surface area contributed by atoms with Gasteiger partial charge < -0.3 is 10.6 Å². The number of hydrogen-bond acceptors (Lipinski definition) is 4. The topological polar surface area (TPSA) is 54.0 Å². The number of amides is 1. The van der Waals surface area contributed by atoms with Crippen LogP contribution in [0.3, 0.4) is 0 Å². The van der Waals surface area contributed by atoms with Gasteiger partial charge in [0.15, 0.2) is 5.13 Å². The highest BCUT2D eigenvalue weighted by atomic mass is 32.1. The van der Waals surface area contributed by atoms with Crippen LogP contribution in [-0.4, -0.2) is 23.5 Å². The summed E-state index contributed by atoms with van der Waals surface area (Å²) in [4.78, 5) is 15.8. The van der Waals surface area contributed by atoms with E-state index in [-0.39, 0.29) is 11.9 Å². The summed E-state index contributed by atoms with van der Waals surface area (Å²) in [6.45, 7) is 6.52. The maximum atomic E-state index is 11.5. The Bertz CT molecular complexity index is 324. The van der Waals surface area contributed by atoms with Crippen LogP contribution in [0.2, 0.25) is 0 Å². The van der Waals surface area contributed by atoms with Gasteiger partial charge in [-0.15, -0.1) is 11.3 Å². The van der Waals surface area contributed by atoms with Gasteiger partial charge >= 0.3 is 0 Å². The van der Waals surface area contributed by atoms with E-state index in [9.17, 15) is 4.79 Å². The molecule has 0 bridgehead atoms. The average Bonchev–Trinajstić information content (AvgIpc) is 2.60. The molecule has 1 aromatic heterocycles. The molecule has 1 heterocycles. The zero-order valence-corrected chi connectivity index (χ0v) is 10.1. The highest BCUT2D eigenvalue weighted by Crippen LogP contribution is 2.15. The Morgan fingerprint density at radius 1 is 1.67 bits per heavy atom. The van der Waals surface area contributed by atoms with Gasteiger partial charge in [-0.05, 0) is 20.3 Å². The molecule has 84 valence electrons. The van der Waals surface area contributed by atoms with E-state index in [2.05, 4.69) is 15.6 Å². The molecule has 0 aliphatic heterocycles. The Morgan fingerprint density at radius 2 is 2.40 bits per heavy atom. The molecule has 0 saturated heterocycles. The molecule has 0 aliphatic rings. The zero-order chi connectivity index (χ0) is 11.3. The molecule has 0 aliphatic carbocycles. The summed E-state index contributed by atoms with van der Waals surface area (Å²) >= 11 is 1.52. The summed E-state index contributed by atoms with van der Waals surface area (Å²) in [5.74, 6) is 0.0182. The Labute approximate surface area is 94.1 Å². The summed E-state index contributed by atoms with van der Waals surface area (Å²) in [6, 6.07) is -0.234. The van der Waals surface area contributed by atoms with Crippen LogP contribution in [0.5, 0.6) is 0 Å². The minimum atomic E-state index is -0.234. The molecule has 5 heteroatoms. The van der Waals surface area contributed by atoms with Gasteiger partial charge in [-0.2, -0.15) is 0 Å². The Hall–Kier alpha value is -1.10. The normalized spacial score (nSPS) is 12.2. The smallest absolute Gasteiger partial charge is 0.242 e. The van der Waals surface area contributed by atoms with Gasteiger partial charge in [0.2, 0.25) is 5.91 Å². The third-order valence-electron chi connectivity index (χ3n) is 1.90. The zero-order valence-electron chi connectivity index (χ0n) is 9.33. The number of carbonyl (C=O) groups is 1. The largest absolute Gasteiger partial charge is 0.354 e. The van der Waals surface area contributed by atoms with Crippen LogP contribution in [0.1, 0.15) is 26.0 Å². The Kier molecular flexibility index (Phi) is 4.55. The predicted molar refractivity (Wildman–Crippen MR) is 63.2 cm³/mol. The summed E-state index contributed by atoms with van der Waals surface area (Å²) in [5, 5.41) is 8.66. The van der Waals surface area contributed by atoms with Gasteiger partial charge in [0.1, 0.15) is 6.04 Å². The van der Waals surface area contributed by atoms with Crippen molar-refractivity contribution in [3.8, 4) is 0 Å². The molecule has 0 fully saturated rings. The second-order valence-corrected chi connectivity index (χ2v) is 4.31. The van der Waals surface area contributed by atoms with E-state index >= 15 is 0 Å². The SMILES string of the molecule is CCCNC(=O)C(C)Nc1nc(C)cs1. The molecule has 2 N–H and O–H groups in total. The minimum absolute atomic E-state index is 0.0182. The van der Waals surface area contributed by atoms with Crippen molar-refractivity contribution in [2.75, 3.05) is 11.9 Å². The van der Waals surface area contributed by atoms with Crippen molar-refractivity contribution >= 4 is 22.4 Å². The maximum absolute atomic E-state index is 11.5. The van der Waals surface area contributed by atoms with Crippen LogP contribution in [-0.2, 0) is 4.79 Å². The summed E-state index contributed by atoms with van der Waals surface area (Å²) in [5.41, 5.74) is 0.976. The fraction of sp³-hybridized carbons (Fsp3) is 0.600. The molecule has 1 rings (SSSR count). The average molecular weight is 227 g/mol. The van der Waals surface area contributed by atoms with Gasteiger partial charge in [0, 0.05) is 11.9 Å².